The molecular weight excluding hydrogens is 681 g/mol. The third kappa shape index (κ3) is 8.90. The van der Waals surface area contributed by atoms with E-state index in [2.05, 4.69) is 42.7 Å². The number of aromatic nitrogens is 4. The molecule has 16 heteroatoms. The quantitative estimate of drug-likeness (QED) is 0.169. The summed E-state index contributed by atoms with van der Waals surface area (Å²) in [4.78, 5) is 64.4. The zero-order valence-electron chi connectivity index (χ0n) is 26.6. The Morgan fingerprint density at radius 3 is 1.50 bits per heavy atom. The van der Waals surface area contributed by atoms with Crippen molar-refractivity contribution in [1.29, 1.82) is 10.5 Å². The third-order valence-electron chi connectivity index (χ3n) is 8.67. The lowest BCUT2D eigenvalue weighted by atomic mass is 9.81. The zero-order chi connectivity index (χ0) is 35.6. The number of carboxylic acids is 2. The molecule has 2 fully saturated rings. The van der Waals surface area contributed by atoms with Crippen molar-refractivity contribution in [3.63, 3.8) is 0 Å². The average molecular weight is 713 g/mol. The van der Waals surface area contributed by atoms with E-state index in [9.17, 15) is 29.7 Å². The lowest BCUT2D eigenvalue weighted by molar-refractivity contribution is -0.144. The van der Waals surface area contributed by atoms with Gasteiger partial charge >= 0.3 is 11.9 Å². The van der Waals surface area contributed by atoms with Crippen LogP contribution in [0.3, 0.4) is 0 Å². The van der Waals surface area contributed by atoms with Crippen LogP contribution in [-0.2, 0) is 19.2 Å². The monoisotopic (exact) mass is 712 g/mol. The predicted octanol–water partition coefficient (Wildman–Crippen LogP) is 5.81. The SMILES string of the molecule is N#Cc1sc(NC(=O)C2CCC(C(=O)O)CC2)nc1-c1ccncc1.N#Cc1sc(NC(=O)C2CCCC(C(=O)O)C2)nc1-c1ccncc1. The lowest BCUT2D eigenvalue weighted by Crippen LogP contribution is -2.30. The van der Waals surface area contributed by atoms with E-state index < -0.39 is 17.9 Å². The van der Waals surface area contributed by atoms with Crippen LogP contribution in [0.15, 0.2) is 49.1 Å². The fraction of sp³-hybridized carbons (Fsp3) is 0.353. The molecule has 0 saturated heterocycles. The van der Waals surface area contributed by atoms with Gasteiger partial charge in [-0.15, -0.1) is 0 Å². The molecule has 6 rings (SSSR count). The van der Waals surface area contributed by atoms with Crippen LogP contribution in [0.2, 0.25) is 0 Å². The summed E-state index contributed by atoms with van der Waals surface area (Å²) >= 11 is 2.25. The van der Waals surface area contributed by atoms with Crippen LogP contribution >= 0.6 is 22.7 Å². The molecule has 0 aliphatic heterocycles. The van der Waals surface area contributed by atoms with Gasteiger partial charge in [-0.1, -0.05) is 29.1 Å². The molecule has 2 aliphatic carbocycles. The second-order valence-corrected chi connectivity index (χ2v) is 13.9. The molecule has 4 aromatic rings. The second-order valence-electron chi connectivity index (χ2n) is 11.9. The average Bonchev–Trinajstić information content (AvgIpc) is 3.76. The van der Waals surface area contributed by atoms with Gasteiger partial charge in [0.05, 0.1) is 11.8 Å². The smallest absolute Gasteiger partial charge is 0.306 e. The molecule has 2 amide bonds. The van der Waals surface area contributed by atoms with Gasteiger partial charge in [-0.3, -0.25) is 29.1 Å². The Bertz CT molecular complexity index is 1930. The van der Waals surface area contributed by atoms with Gasteiger partial charge in [0.2, 0.25) is 11.8 Å². The topological polar surface area (TPSA) is 232 Å². The lowest BCUT2D eigenvalue weighted by Gasteiger charge is -2.25. The van der Waals surface area contributed by atoms with E-state index in [1.807, 2.05) is 0 Å². The Morgan fingerprint density at radius 2 is 1.06 bits per heavy atom. The summed E-state index contributed by atoms with van der Waals surface area (Å²) in [6, 6.07) is 11.2. The molecule has 4 N–H and O–H groups in total. The highest BCUT2D eigenvalue weighted by Gasteiger charge is 2.32. The van der Waals surface area contributed by atoms with Crippen LogP contribution in [-0.4, -0.2) is 53.9 Å². The van der Waals surface area contributed by atoms with E-state index in [0.717, 1.165) is 40.2 Å². The van der Waals surface area contributed by atoms with Gasteiger partial charge in [0.1, 0.15) is 33.3 Å². The first-order chi connectivity index (χ1) is 24.2. The highest BCUT2D eigenvalue weighted by molar-refractivity contribution is 7.17. The first-order valence-corrected chi connectivity index (χ1v) is 17.5. The second kappa shape index (κ2) is 16.7. The minimum Gasteiger partial charge on any atom is -0.481 e. The number of carboxylic acid groups (broad SMARTS) is 2. The van der Waals surface area contributed by atoms with Gasteiger partial charge < -0.3 is 20.8 Å². The maximum Gasteiger partial charge on any atom is 0.306 e. The molecule has 0 spiro atoms. The number of thiazole rings is 2. The fourth-order valence-corrected chi connectivity index (χ4v) is 7.55. The van der Waals surface area contributed by atoms with Crippen molar-refractivity contribution in [2.45, 2.75) is 51.4 Å². The van der Waals surface area contributed by atoms with Gasteiger partial charge in [-0.2, -0.15) is 10.5 Å². The Morgan fingerprint density at radius 1 is 0.640 bits per heavy atom. The molecule has 2 saturated carbocycles. The van der Waals surface area contributed by atoms with Crippen LogP contribution in [0.1, 0.15) is 61.1 Å². The normalized spacial score (nSPS) is 19.8. The van der Waals surface area contributed by atoms with E-state index in [4.69, 9.17) is 10.2 Å². The number of amides is 2. The fourth-order valence-electron chi connectivity index (χ4n) is 5.98. The predicted molar refractivity (Wildman–Crippen MR) is 184 cm³/mol. The van der Waals surface area contributed by atoms with Crippen molar-refractivity contribution < 1.29 is 29.4 Å². The standard InChI is InChI=1S/2C17H16N4O3S/c18-9-13-14(10-5-7-19-8-6-10)20-17(25-13)21-15(22)11-1-3-12(4-2-11)16(23)24;18-9-13-14(10-4-6-19-7-5-10)20-17(25-13)21-15(22)11-2-1-3-12(8-11)16(23)24/h5-8,11-12H,1-4H2,(H,23,24)(H,20,21,22);4-7,11-12H,1-3,8H2,(H,23,24)(H,20,21,22). The number of carbonyl (C=O) groups is 4. The number of nitrogens with one attached hydrogen (secondary N) is 2. The van der Waals surface area contributed by atoms with Gasteiger partial charge in [0, 0.05) is 47.8 Å². The van der Waals surface area contributed by atoms with Gasteiger partial charge in [0.25, 0.3) is 0 Å². The molecule has 2 atom stereocenters. The summed E-state index contributed by atoms with van der Waals surface area (Å²) in [6.07, 6.45) is 10.9. The van der Waals surface area contributed by atoms with Crippen LogP contribution in [0, 0.1) is 46.3 Å². The molecule has 4 heterocycles. The molecule has 4 aromatic heterocycles. The minimum atomic E-state index is -0.849. The molecule has 50 heavy (non-hydrogen) atoms. The van der Waals surface area contributed by atoms with Crippen molar-refractivity contribution in [2.24, 2.45) is 23.7 Å². The number of rotatable bonds is 8. The minimum absolute atomic E-state index is 0.164. The van der Waals surface area contributed by atoms with Gasteiger partial charge in [-0.25, -0.2) is 9.97 Å². The molecule has 256 valence electrons. The Balaban J connectivity index is 0.000000194. The Kier molecular flexibility index (Phi) is 11.9. The Hall–Kier alpha value is -5.58. The third-order valence-corrected chi connectivity index (χ3v) is 10.4. The largest absolute Gasteiger partial charge is 0.481 e. The summed E-state index contributed by atoms with van der Waals surface area (Å²) < 4.78 is 0. The molecule has 2 aliphatic rings. The van der Waals surface area contributed by atoms with Crippen LogP contribution in [0.25, 0.3) is 22.5 Å². The van der Waals surface area contributed by atoms with E-state index >= 15 is 0 Å². The maximum atomic E-state index is 12.5. The number of aliphatic carboxylic acids is 2. The van der Waals surface area contributed by atoms with E-state index in [0.29, 0.717) is 76.4 Å². The summed E-state index contributed by atoms with van der Waals surface area (Å²) in [5.74, 6) is -3.41. The van der Waals surface area contributed by atoms with Gasteiger partial charge in [0.15, 0.2) is 10.3 Å². The van der Waals surface area contributed by atoms with Crippen LogP contribution in [0.5, 0.6) is 0 Å². The summed E-state index contributed by atoms with van der Waals surface area (Å²) in [6.45, 7) is 0. The Labute approximate surface area is 294 Å². The van der Waals surface area contributed by atoms with Crippen molar-refractivity contribution in [2.75, 3.05) is 10.6 Å². The van der Waals surface area contributed by atoms with E-state index in [1.165, 1.54) is 0 Å². The number of hydrogen-bond donors (Lipinski definition) is 4. The molecule has 14 nitrogen and oxygen atoms in total. The molecule has 0 radical (unpaired) electrons. The summed E-state index contributed by atoms with van der Waals surface area (Å²) in [5, 5.41) is 43.0. The number of pyridine rings is 2. The molecular formula is C34H32N8O6S2. The van der Waals surface area contributed by atoms with E-state index in [-0.39, 0.29) is 29.6 Å². The number of hydrogen-bond acceptors (Lipinski definition) is 12. The van der Waals surface area contributed by atoms with Crippen molar-refractivity contribution in [1.82, 2.24) is 19.9 Å². The highest BCUT2D eigenvalue weighted by atomic mass is 32.1. The number of anilines is 2. The molecule has 2 unspecified atom stereocenters. The summed E-state index contributed by atoms with van der Waals surface area (Å²) in [5.41, 5.74) is 2.56. The first kappa shape index (κ1) is 35.7. The first-order valence-electron chi connectivity index (χ1n) is 15.9. The number of carbonyl (C=O) groups excluding carboxylic acids is 2. The van der Waals surface area contributed by atoms with Crippen molar-refractivity contribution in [3.05, 3.63) is 58.8 Å². The number of nitriles is 2. The number of nitrogens with zero attached hydrogens (tertiary/aromatic N) is 6. The maximum absolute atomic E-state index is 12.5. The molecule has 0 aromatic carbocycles. The van der Waals surface area contributed by atoms with Crippen LogP contribution in [0.4, 0.5) is 10.3 Å². The van der Waals surface area contributed by atoms with Gasteiger partial charge in [-0.05, 0) is 69.2 Å². The van der Waals surface area contributed by atoms with Crippen LogP contribution < -0.4 is 10.6 Å². The van der Waals surface area contributed by atoms with Crippen molar-refractivity contribution in [3.8, 4) is 34.7 Å². The van der Waals surface area contributed by atoms with Crippen molar-refractivity contribution >= 4 is 56.7 Å². The summed E-state index contributed by atoms with van der Waals surface area (Å²) in [7, 11) is 0. The highest BCUT2D eigenvalue weighted by Crippen LogP contribution is 2.35. The molecule has 0 bridgehead atoms. The van der Waals surface area contributed by atoms with E-state index in [1.54, 1.807) is 49.1 Å². The zero-order valence-corrected chi connectivity index (χ0v) is 28.2.